The van der Waals surface area contributed by atoms with Crippen molar-refractivity contribution < 1.29 is 0 Å². The lowest BCUT2D eigenvalue weighted by Gasteiger charge is -2.21. The van der Waals surface area contributed by atoms with Crippen molar-refractivity contribution in [1.29, 1.82) is 0 Å². The monoisotopic (exact) mass is 318 g/mol. The van der Waals surface area contributed by atoms with Crippen molar-refractivity contribution in [2.45, 2.75) is 38.6 Å². The number of rotatable bonds is 7. The van der Waals surface area contributed by atoms with Crippen LogP contribution in [0.25, 0.3) is 0 Å². The molecule has 17 heavy (non-hydrogen) atoms. The maximum absolute atomic E-state index is 5.97. The third-order valence-corrected chi connectivity index (χ3v) is 4.48. The van der Waals surface area contributed by atoms with Crippen molar-refractivity contribution in [3.05, 3.63) is 20.8 Å². The van der Waals surface area contributed by atoms with Gasteiger partial charge in [0.2, 0.25) is 0 Å². The molecule has 0 spiro atoms. The van der Waals surface area contributed by atoms with E-state index in [0.717, 1.165) is 25.9 Å². The molecule has 0 amide bonds. The number of likely N-dealkylation sites (N-methyl/N-ethyl adjacent to an activating group) is 1. The molecule has 1 rings (SSSR count). The molecule has 0 unspecified atom stereocenters. The Labute approximate surface area is 117 Å². The van der Waals surface area contributed by atoms with Crippen LogP contribution in [-0.2, 0) is 6.42 Å². The maximum Gasteiger partial charge on any atom is 0.0285 e. The number of thiophene rings is 1. The lowest BCUT2D eigenvalue weighted by atomic mass is 10.0. The van der Waals surface area contributed by atoms with Crippen LogP contribution in [0, 0.1) is 0 Å². The van der Waals surface area contributed by atoms with E-state index in [4.69, 9.17) is 5.73 Å². The lowest BCUT2D eigenvalue weighted by Crippen LogP contribution is -2.33. The highest BCUT2D eigenvalue weighted by Crippen LogP contribution is 2.20. The number of hydrogen-bond acceptors (Lipinski definition) is 3. The van der Waals surface area contributed by atoms with Gasteiger partial charge in [-0.25, -0.2) is 0 Å². The summed E-state index contributed by atoms with van der Waals surface area (Å²) in [5.74, 6) is 0. The van der Waals surface area contributed by atoms with Gasteiger partial charge in [0.25, 0.3) is 0 Å². The Balaban J connectivity index is 2.15. The molecule has 1 aromatic heterocycles. The summed E-state index contributed by atoms with van der Waals surface area (Å²) in [6, 6.07) is 2.21. The van der Waals surface area contributed by atoms with Gasteiger partial charge in [-0.05, 0) is 68.7 Å². The topological polar surface area (TPSA) is 29.3 Å². The molecule has 0 bridgehead atoms. The highest BCUT2D eigenvalue weighted by atomic mass is 79.9. The standard InChI is InChI=1S/C13H23BrN2S/c1-13(2,15)6-4-7-16(3)8-5-12-9-11(14)10-17-12/h9-10H,4-8,15H2,1-3H3. The number of hydrogen-bond donors (Lipinski definition) is 1. The van der Waals surface area contributed by atoms with Crippen molar-refractivity contribution in [1.82, 2.24) is 4.90 Å². The Morgan fingerprint density at radius 3 is 2.65 bits per heavy atom. The van der Waals surface area contributed by atoms with E-state index < -0.39 is 0 Å². The molecule has 0 aliphatic rings. The second kappa shape index (κ2) is 6.88. The molecular weight excluding hydrogens is 296 g/mol. The summed E-state index contributed by atoms with van der Waals surface area (Å²) in [4.78, 5) is 3.84. The molecule has 0 fully saturated rings. The molecule has 2 nitrogen and oxygen atoms in total. The highest BCUT2D eigenvalue weighted by molar-refractivity contribution is 9.10. The number of halogens is 1. The summed E-state index contributed by atoms with van der Waals surface area (Å²) in [6.07, 6.45) is 3.40. The van der Waals surface area contributed by atoms with Gasteiger partial charge in [0.05, 0.1) is 0 Å². The molecular formula is C13H23BrN2S. The summed E-state index contributed by atoms with van der Waals surface area (Å²) >= 11 is 5.31. The second-order valence-electron chi connectivity index (χ2n) is 5.38. The van der Waals surface area contributed by atoms with E-state index in [2.05, 4.69) is 53.2 Å². The van der Waals surface area contributed by atoms with E-state index in [1.807, 2.05) is 11.3 Å². The minimum atomic E-state index is -0.0283. The SMILES string of the molecule is CN(CCCC(C)(C)N)CCc1cc(Br)cs1. The molecule has 4 heteroatoms. The maximum atomic E-state index is 5.97. The van der Waals surface area contributed by atoms with Crippen LogP contribution in [0.4, 0.5) is 0 Å². The van der Waals surface area contributed by atoms with Crippen LogP contribution >= 0.6 is 27.3 Å². The largest absolute Gasteiger partial charge is 0.326 e. The van der Waals surface area contributed by atoms with E-state index in [9.17, 15) is 0 Å². The fourth-order valence-electron chi connectivity index (χ4n) is 1.70. The van der Waals surface area contributed by atoms with E-state index in [1.54, 1.807) is 0 Å². The first kappa shape index (κ1) is 15.2. The molecule has 0 saturated heterocycles. The Morgan fingerprint density at radius 1 is 1.41 bits per heavy atom. The van der Waals surface area contributed by atoms with E-state index in [0.29, 0.717) is 0 Å². The smallest absolute Gasteiger partial charge is 0.0285 e. The summed E-state index contributed by atoms with van der Waals surface area (Å²) < 4.78 is 1.20. The van der Waals surface area contributed by atoms with Crippen molar-refractivity contribution >= 4 is 27.3 Å². The molecule has 0 radical (unpaired) electrons. The van der Waals surface area contributed by atoms with E-state index in [1.165, 1.54) is 15.8 Å². The van der Waals surface area contributed by atoms with Crippen LogP contribution in [-0.4, -0.2) is 30.6 Å². The van der Waals surface area contributed by atoms with E-state index >= 15 is 0 Å². The van der Waals surface area contributed by atoms with Gasteiger partial charge in [0.15, 0.2) is 0 Å². The summed E-state index contributed by atoms with van der Waals surface area (Å²) in [5.41, 5.74) is 5.94. The van der Waals surface area contributed by atoms with E-state index in [-0.39, 0.29) is 5.54 Å². The van der Waals surface area contributed by atoms with Crippen LogP contribution in [0.15, 0.2) is 15.9 Å². The van der Waals surface area contributed by atoms with Gasteiger partial charge in [0, 0.05) is 26.8 Å². The minimum absolute atomic E-state index is 0.0283. The molecule has 2 N–H and O–H groups in total. The Morgan fingerprint density at radius 2 is 2.12 bits per heavy atom. The first-order valence-corrected chi connectivity index (χ1v) is 7.74. The Bertz CT molecular complexity index is 330. The lowest BCUT2D eigenvalue weighted by molar-refractivity contribution is 0.313. The molecule has 0 aliphatic carbocycles. The van der Waals surface area contributed by atoms with Crippen LogP contribution in [0.5, 0.6) is 0 Å². The highest BCUT2D eigenvalue weighted by Gasteiger charge is 2.10. The zero-order valence-electron chi connectivity index (χ0n) is 11.0. The van der Waals surface area contributed by atoms with Crippen LogP contribution in [0.2, 0.25) is 0 Å². The molecule has 0 aromatic carbocycles. The van der Waals surface area contributed by atoms with Crippen molar-refractivity contribution in [2.24, 2.45) is 5.73 Å². The fraction of sp³-hybridized carbons (Fsp3) is 0.692. The predicted molar refractivity (Wildman–Crippen MR) is 80.7 cm³/mol. The van der Waals surface area contributed by atoms with Gasteiger partial charge in [-0.1, -0.05) is 0 Å². The Hall–Kier alpha value is 0.1000. The van der Waals surface area contributed by atoms with Crippen molar-refractivity contribution in [3.8, 4) is 0 Å². The molecule has 0 aliphatic heterocycles. The first-order chi connectivity index (χ1) is 7.87. The van der Waals surface area contributed by atoms with Crippen LogP contribution in [0.1, 0.15) is 31.6 Å². The molecule has 1 aromatic rings. The molecule has 98 valence electrons. The quantitative estimate of drug-likeness (QED) is 0.833. The average molecular weight is 319 g/mol. The Kier molecular flexibility index (Phi) is 6.13. The van der Waals surface area contributed by atoms with Crippen LogP contribution in [0.3, 0.4) is 0 Å². The first-order valence-electron chi connectivity index (χ1n) is 6.07. The van der Waals surface area contributed by atoms with Gasteiger partial charge in [0.1, 0.15) is 0 Å². The zero-order chi connectivity index (χ0) is 12.9. The van der Waals surface area contributed by atoms with Crippen molar-refractivity contribution in [3.63, 3.8) is 0 Å². The predicted octanol–water partition coefficient (Wildman–Crippen LogP) is 3.50. The zero-order valence-corrected chi connectivity index (χ0v) is 13.4. The minimum Gasteiger partial charge on any atom is -0.326 e. The number of nitrogens with zero attached hydrogens (tertiary/aromatic N) is 1. The summed E-state index contributed by atoms with van der Waals surface area (Å²) in [5, 5.41) is 2.15. The molecule has 1 heterocycles. The molecule has 0 atom stereocenters. The van der Waals surface area contributed by atoms with Gasteiger partial charge in [-0.15, -0.1) is 11.3 Å². The molecule has 0 saturated carbocycles. The second-order valence-corrected chi connectivity index (χ2v) is 7.29. The average Bonchev–Trinajstić information content (AvgIpc) is 2.59. The van der Waals surface area contributed by atoms with Gasteiger partial charge < -0.3 is 10.6 Å². The van der Waals surface area contributed by atoms with Gasteiger partial charge in [-0.3, -0.25) is 0 Å². The third-order valence-electron chi connectivity index (χ3n) is 2.72. The number of nitrogens with two attached hydrogens (primary N) is 1. The summed E-state index contributed by atoms with van der Waals surface area (Å²) in [7, 11) is 2.19. The van der Waals surface area contributed by atoms with Gasteiger partial charge >= 0.3 is 0 Å². The fourth-order valence-corrected chi connectivity index (χ4v) is 3.15. The third kappa shape index (κ3) is 7.19. The van der Waals surface area contributed by atoms with Crippen LogP contribution < -0.4 is 5.73 Å². The normalized spacial score (nSPS) is 12.4. The van der Waals surface area contributed by atoms with Crippen molar-refractivity contribution in [2.75, 3.05) is 20.1 Å². The summed E-state index contributed by atoms with van der Waals surface area (Å²) in [6.45, 7) is 6.44. The van der Waals surface area contributed by atoms with Gasteiger partial charge in [-0.2, -0.15) is 0 Å².